The first kappa shape index (κ1) is 18.4. The quantitative estimate of drug-likeness (QED) is 0.471. The van der Waals surface area contributed by atoms with Crippen LogP contribution >= 0.6 is 11.3 Å². The molecule has 0 atom stereocenters. The molecule has 0 unspecified atom stereocenters. The Kier molecular flexibility index (Phi) is 4.95. The van der Waals surface area contributed by atoms with Gasteiger partial charge in [-0.05, 0) is 49.4 Å². The van der Waals surface area contributed by atoms with Crippen molar-refractivity contribution >= 4 is 35.0 Å². The topological polar surface area (TPSA) is 95.6 Å². The molecule has 28 heavy (non-hydrogen) atoms. The average molecular weight is 397 g/mol. The summed E-state index contributed by atoms with van der Waals surface area (Å²) in [6.45, 7) is -0.451. The number of imide groups is 1. The van der Waals surface area contributed by atoms with E-state index in [1.807, 2.05) is 6.07 Å². The molecule has 0 spiro atoms. The van der Waals surface area contributed by atoms with Gasteiger partial charge in [0.25, 0.3) is 23.6 Å². The molecule has 2 aliphatic rings. The molecule has 2 heterocycles. The highest BCUT2D eigenvalue weighted by atomic mass is 32.1. The van der Waals surface area contributed by atoms with Gasteiger partial charge in [0.05, 0.1) is 16.0 Å². The van der Waals surface area contributed by atoms with Crippen molar-refractivity contribution in [3.8, 4) is 0 Å². The van der Waals surface area contributed by atoms with Gasteiger partial charge in [-0.1, -0.05) is 18.6 Å². The monoisotopic (exact) mass is 397 g/mol. The van der Waals surface area contributed by atoms with E-state index in [4.69, 9.17) is 0 Å². The number of hydrazine groups is 1. The van der Waals surface area contributed by atoms with E-state index >= 15 is 0 Å². The first-order valence-electron chi connectivity index (χ1n) is 9.20. The second kappa shape index (κ2) is 7.55. The molecule has 0 fully saturated rings. The minimum atomic E-state index is -0.638. The van der Waals surface area contributed by atoms with Gasteiger partial charge in [0.2, 0.25) is 0 Å². The third-order valence-corrected chi connectivity index (χ3v) is 6.20. The number of nitrogens with zero attached hydrogens (tertiary/aromatic N) is 1. The summed E-state index contributed by atoms with van der Waals surface area (Å²) in [5, 5.41) is 0. The lowest BCUT2D eigenvalue weighted by Gasteiger charge is -2.13. The lowest BCUT2D eigenvalue weighted by molar-refractivity contribution is -0.122. The second-order valence-corrected chi connectivity index (χ2v) is 8.00. The molecule has 2 aromatic rings. The molecular weight excluding hydrogens is 378 g/mol. The number of amides is 4. The zero-order chi connectivity index (χ0) is 19.7. The Bertz CT molecular complexity index is 923. The predicted molar refractivity (Wildman–Crippen MR) is 103 cm³/mol. The van der Waals surface area contributed by atoms with Crippen LogP contribution in [0.2, 0.25) is 0 Å². The summed E-state index contributed by atoms with van der Waals surface area (Å²) in [6.07, 6.45) is 5.43. The zero-order valence-corrected chi connectivity index (χ0v) is 15.9. The van der Waals surface area contributed by atoms with Crippen molar-refractivity contribution < 1.29 is 19.2 Å². The van der Waals surface area contributed by atoms with Crippen LogP contribution in [0.15, 0.2) is 30.3 Å². The van der Waals surface area contributed by atoms with E-state index in [1.165, 1.54) is 28.2 Å². The number of hydrogen-bond acceptors (Lipinski definition) is 5. The summed E-state index contributed by atoms with van der Waals surface area (Å²) in [7, 11) is 0. The van der Waals surface area contributed by atoms with Gasteiger partial charge >= 0.3 is 0 Å². The highest BCUT2D eigenvalue weighted by Gasteiger charge is 2.36. The van der Waals surface area contributed by atoms with E-state index in [-0.39, 0.29) is 11.1 Å². The molecule has 4 rings (SSSR count). The molecule has 0 saturated carbocycles. The number of aryl methyl sites for hydroxylation is 2. The van der Waals surface area contributed by atoms with Crippen LogP contribution in [0, 0.1) is 0 Å². The fourth-order valence-electron chi connectivity index (χ4n) is 3.53. The fourth-order valence-corrected chi connectivity index (χ4v) is 4.68. The van der Waals surface area contributed by atoms with Crippen LogP contribution in [0.25, 0.3) is 0 Å². The molecule has 0 radical (unpaired) electrons. The van der Waals surface area contributed by atoms with Gasteiger partial charge in [-0.15, -0.1) is 11.3 Å². The molecule has 2 N–H and O–H groups in total. The number of carbonyl (C=O) groups is 4. The Labute approximate surface area is 165 Å². The number of carbonyl (C=O) groups excluding carboxylic acids is 4. The number of fused-ring (bicyclic) bond motifs is 2. The molecule has 1 aromatic carbocycles. The summed E-state index contributed by atoms with van der Waals surface area (Å²) in [5.41, 5.74) is 6.44. The zero-order valence-electron chi connectivity index (χ0n) is 15.1. The van der Waals surface area contributed by atoms with Crippen LogP contribution in [0.1, 0.15) is 60.1 Å². The van der Waals surface area contributed by atoms with E-state index in [2.05, 4.69) is 10.9 Å². The largest absolute Gasteiger partial charge is 0.279 e. The summed E-state index contributed by atoms with van der Waals surface area (Å²) < 4.78 is 0. The molecule has 4 amide bonds. The second-order valence-electron chi connectivity index (χ2n) is 6.86. The standard InChI is InChI=1S/C20H19N3O4S/c24-17(11-23-19(26)13-7-4-5-8-14(13)20(23)27)21-22-18(25)16-10-12-6-2-1-3-9-15(12)28-16/h4-5,7-8,10H,1-3,6,9,11H2,(H,21,24)(H,22,25). The lowest BCUT2D eigenvalue weighted by atomic mass is 10.1. The van der Waals surface area contributed by atoms with Crippen molar-refractivity contribution in [2.75, 3.05) is 6.54 Å². The Balaban J connectivity index is 1.34. The van der Waals surface area contributed by atoms with Crippen molar-refractivity contribution in [3.63, 3.8) is 0 Å². The SMILES string of the molecule is O=C(CN1C(=O)c2ccccc2C1=O)NNC(=O)c1cc2c(s1)CCCCC2. The van der Waals surface area contributed by atoms with Gasteiger partial charge in [-0.25, -0.2) is 0 Å². The van der Waals surface area contributed by atoms with E-state index in [9.17, 15) is 19.2 Å². The van der Waals surface area contributed by atoms with Crippen molar-refractivity contribution in [2.45, 2.75) is 32.1 Å². The van der Waals surface area contributed by atoms with E-state index < -0.39 is 30.2 Å². The summed E-state index contributed by atoms with van der Waals surface area (Å²) in [5.74, 6) is -2.05. The number of hydrogen-bond donors (Lipinski definition) is 2. The summed E-state index contributed by atoms with van der Waals surface area (Å²) in [6, 6.07) is 8.32. The number of thiophene rings is 1. The van der Waals surface area contributed by atoms with E-state index in [1.54, 1.807) is 24.3 Å². The maximum absolute atomic E-state index is 12.3. The number of rotatable bonds is 3. The van der Waals surface area contributed by atoms with Crippen LogP contribution in [0.4, 0.5) is 0 Å². The lowest BCUT2D eigenvalue weighted by Crippen LogP contribution is -2.47. The van der Waals surface area contributed by atoms with Crippen LogP contribution in [-0.2, 0) is 17.6 Å². The highest BCUT2D eigenvalue weighted by molar-refractivity contribution is 7.14. The normalized spacial score (nSPS) is 15.6. The predicted octanol–water partition coefficient (Wildman–Crippen LogP) is 2.07. The maximum atomic E-state index is 12.3. The smallest absolute Gasteiger partial charge is 0.271 e. The van der Waals surface area contributed by atoms with Gasteiger partial charge in [0.15, 0.2) is 0 Å². The molecule has 0 saturated heterocycles. The van der Waals surface area contributed by atoms with Crippen molar-refractivity contribution in [3.05, 3.63) is 56.8 Å². The molecule has 1 aromatic heterocycles. The summed E-state index contributed by atoms with van der Waals surface area (Å²) in [4.78, 5) is 51.7. The molecular formula is C20H19N3O4S. The fraction of sp³-hybridized carbons (Fsp3) is 0.300. The van der Waals surface area contributed by atoms with Crippen LogP contribution in [0.5, 0.6) is 0 Å². The van der Waals surface area contributed by atoms with Crippen molar-refractivity contribution in [1.29, 1.82) is 0 Å². The number of benzene rings is 1. The van der Waals surface area contributed by atoms with Crippen molar-refractivity contribution in [1.82, 2.24) is 15.8 Å². The number of nitrogens with one attached hydrogen (secondary N) is 2. The van der Waals surface area contributed by atoms with Crippen LogP contribution in [0.3, 0.4) is 0 Å². The van der Waals surface area contributed by atoms with Gasteiger partial charge in [0, 0.05) is 4.88 Å². The van der Waals surface area contributed by atoms with E-state index in [0.29, 0.717) is 4.88 Å². The minimum Gasteiger partial charge on any atom is -0.271 e. The van der Waals surface area contributed by atoms with Gasteiger partial charge in [-0.2, -0.15) is 0 Å². The van der Waals surface area contributed by atoms with Crippen LogP contribution in [-0.4, -0.2) is 35.1 Å². The summed E-state index contributed by atoms with van der Waals surface area (Å²) >= 11 is 1.45. The first-order valence-corrected chi connectivity index (χ1v) is 10.0. The minimum absolute atomic E-state index is 0.282. The highest BCUT2D eigenvalue weighted by Crippen LogP contribution is 2.28. The van der Waals surface area contributed by atoms with Crippen molar-refractivity contribution in [2.24, 2.45) is 0 Å². The Morgan fingerprint density at radius 3 is 2.36 bits per heavy atom. The third-order valence-electron chi connectivity index (χ3n) is 4.97. The Morgan fingerprint density at radius 1 is 0.964 bits per heavy atom. The maximum Gasteiger partial charge on any atom is 0.279 e. The molecule has 7 nitrogen and oxygen atoms in total. The molecule has 1 aliphatic heterocycles. The average Bonchev–Trinajstić information content (AvgIpc) is 3.12. The van der Waals surface area contributed by atoms with Gasteiger partial charge in [0.1, 0.15) is 6.54 Å². The molecule has 8 heteroatoms. The molecule has 144 valence electrons. The third kappa shape index (κ3) is 3.43. The van der Waals surface area contributed by atoms with E-state index in [0.717, 1.165) is 30.6 Å². The molecule has 0 bridgehead atoms. The Morgan fingerprint density at radius 2 is 1.64 bits per heavy atom. The van der Waals surface area contributed by atoms with Crippen LogP contribution < -0.4 is 10.9 Å². The molecule has 1 aliphatic carbocycles. The van der Waals surface area contributed by atoms with Gasteiger partial charge in [-0.3, -0.25) is 34.9 Å². The Hall–Kier alpha value is -3.00. The van der Waals surface area contributed by atoms with Gasteiger partial charge < -0.3 is 0 Å². The first-order chi connectivity index (χ1) is 13.5.